The highest BCUT2D eigenvalue weighted by Gasteiger charge is 2.32. The first-order chi connectivity index (χ1) is 19.2. The minimum absolute atomic E-state index is 0.0561. The second-order valence-corrected chi connectivity index (χ2v) is 12.0. The van der Waals surface area contributed by atoms with Gasteiger partial charge in [0.25, 0.3) is 10.0 Å². The molecule has 0 bridgehead atoms. The number of ether oxygens (including phenoxy) is 1. The van der Waals surface area contributed by atoms with Gasteiger partial charge in [0.15, 0.2) is 0 Å². The molecule has 40 heavy (non-hydrogen) atoms. The summed E-state index contributed by atoms with van der Waals surface area (Å²) in [4.78, 5) is 28.5. The van der Waals surface area contributed by atoms with Crippen LogP contribution in [0.1, 0.15) is 39.2 Å². The summed E-state index contributed by atoms with van der Waals surface area (Å²) in [5.41, 5.74) is 1.11. The molecule has 0 fully saturated rings. The number of hydrogen-bond donors (Lipinski definition) is 1. The molecule has 1 N–H and O–H groups in total. The Morgan fingerprint density at radius 2 is 1.68 bits per heavy atom. The van der Waals surface area contributed by atoms with E-state index in [4.69, 9.17) is 4.74 Å². The molecule has 0 aromatic heterocycles. The van der Waals surface area contributed by atoms with E-state index < -0.39 is 28.5 Å². The first-order valence-electron chi connectivity index (χ1n) is 13.3. The van der Waals surface area contributed by atoms with Crippen LogP contribution >= 0.6 is 15.9 Å². The first kappa shape index (κ1) is 31.2. The monoisotopic (exact) mass is 629 g/mol. The number of sulfonamides is 1. The fourth-order valence-electron chi connectivity index (χ4n) is 4.07. The van der Waals surface area contributed by atoms with E-state index in [0.29, 0.717) is 24.6 Å². The SMILES string of the molecule is CCCCNC(=O)[C@H](C)N(Cc1cccc(Br)c1)C(=O)CN(c1ccc(OCC)cc1)S(=O)(=O)c1ccccc1. The van der Waals surface area contributed by atoms with E-state index in [0.717, 1.165) is 27.2 Å². The van der Waals surface area contributed by atoms with Gasteiger partial charge in [-0.15, -0.1) is 0 Å². The van der Waals surface area contributed by atoms with Gasteiger partial charge < -0.3 is 15.0 Å². The van der Waals surface area contributed by atoms with Crippen molar-refractivity contribution in [3.63, 3.8) is 0 Å². The third-order valence-electron chi connectivity index (χ3n) is 6.28. The van der Waals surface area contributed by atoms with Gasteiger partial charge in [-0.05, 0) is 74.4 Å². The number of hydrogen-bond acceptors (Lipinski definition) is 5. The van der Waals surface area contributed by atoms with Crippen LogP contribution in [0.4, 0.5) is 5.69 Å². The number of unbranched alkanes of at least 4 members (excludes halogenated alkanes) is 1. The van der Waals surface area contributed by atoms with Crippen LogP contribution in [0, 0.1) is 0 Å². The van der Waals surface area contributed by atoms with Crippen LogP contribution in [0.2, 0.25) is 0 Å². The third kappa shape index (κ3) is 8.32. The van der Waals surface area contributed by atoms with Gasteiger partial charge in [0, 0.05) is 17.6 Å². The topological polar surface area (TPSA) is 96.0 Å². The van der Waals surface area contributed by atoms with Crippen LogP contribution in [-0.4, -0.2) is 50.9 Å². The molecule has 3 rings (SSSR count). The van der Waals surface area contributed by atoms with Gasteiger partial charge in [0.05, 0.1) is 17.2 Å². The summed E-state index contributed by atoms with van der Waals surface area (Å²) in [5, 5.41) is 2.89. The molecule has 1 atom stereocenters. The Hall–Kier alpha value is -3.37. The number of carbonyl (C=O) groups excluding carboxylic acids is 2. The van der Waals surface area contributed by atoms with E-state index in [1.165, 1.54) is 17.0 Å². The van der Waals surface area contributed by atoms with Crippen LogP contribution in [-0.2, 0) is 26.2 Å². The van der Waals surface area contributed by atoms with Gasteiger partial charge in [-0.1, -0.05) is 59.6 Å². The van der Waals surface area contributed by atoms with Gasteiger partial charge in [-0.3, -0.25) is 13.9 Å². The zero-order valence-corrected chi connectivity index (χ0v) is 25.4. The lowest BCUT2D eigenvalue weighted by molar-refractivity contribution is -0.139. The van der Waals surface area contributed by atoms with Gasteiger partial charge in [0.2, 0.25) is 11.8 Å². The molecule has 0 unspecified atom stereocenters. The number of anilines is 1. The average Bonchev–Trinajstić information content (AvgIpc) is 2.95. The number of rotatable bonds is 14. The number of halogens is 1. The van der Waals surface area contributed by atoms with Crippen molar-refractivity contribution in [2.45, 2.75) is 51.1 Å². The van der Waals surface area contributed by atoms with Crippen molar-refractivity contribution in [1.82, 2.24) is 10.2 Å². The predicted octanol–water partition coefficient (Wildman–Crippen LogP) is 5.38. The van der Waals surface area contributed by atoms with Crippen molar-refractivity contribution >= 4 is 43.5 Å². The van der Waals surface area contributed by atoms with Crippen LogP contribution in [0.3, 0.4) is 0 Å². The van der Waals surface area contributed by atoms with Crippen molar-refractivity contribution in [3.8, 4) is 5.75 Å². The Kier molecular flexibility index (Phi) is 11.6. The van der Waals surface area contributed by atoms with Crippen molar-refractivity contribution in [1.29, 1.82) is 0 Å². The number of amides is 2. The Balaban J connectivity index is 1.99. The molecular formula is C30H36BrN3O5S. The van der Waals surface area contributed by atoms with E-state index in [-0.39, 0.29) is 17.3 Å². The maximum absolute atomic E-state index is 13.9. The maximum atomic E-state index is 13.9. The third-order valence-corrected chi connectivity index (χ3v) is 8.57. The number of nitrogens with one attached hydrogen (secondary N) is 1. The van der Waals surface area contributed by atoms with Crippen LogP contribution in [0.15, 0.2) is 88.2 Å². The molecule has 0 heterocycles. The summed E-state index contributed by atoms with van der Waals surface area (Å²) in [7, 11) is -4.11. The molecule has 10 heteroatoms. The maximum Gasteiger partial charge on any atom is 0.264 e. The lowest BCUT2D eigenvalue weighted by Crippen LogP contribution is -2.51. The average molecular weight is 631 g/mol. The number of carbonyl (C=O) groups is 2. The van der Waals surface area contributed by atoms with E-state index in [1.807, 2.05) is 38.1 Å². The smallest absolute Gasteiger partial charge is 0.264 e. The summed E-state index contributed by atoms with van der Waals surface area (Å²) in [5.74, 6) is -0.217. The van der Waals surface area contributed by atoms with Crippen molar-refractivity contribution in [3.05, 3.63) is 88.9 Å². The molecule has 3 aromatic carbocycles. The summed E-state index contributed by atoms with van der Waals surface area (Å²) < 4.78 is 35.1. The standard InChI is InChI=1S/C30H36BrN3O5S/c1-4-6-19-32-30(36)23(3)33(21-24-11-10-12-25(31)20-24)29(35)22-34(26-15-17-27(18-16-26)39-5-2)40(37,38)28-13-8-7-9-14-28/h7-18,20,23H,4-6,19,21-22H2,1-3H3,(H,32,36)/t23-/m0/s1. The molecule has 0 aliphatic carbocycles. The van der Waals surface area contributed by atoms with Crippen molar-refractivity contribution in [2.75, 3.05) is 24.0 Å². The molecule has 0 aliphatic heterocycles. The first-order valence-corrected chi connectivity index (χ1v) is 15.5. The minimum atomic E-state index is -4.11. The second kappa shape index (κ2) is 14.9. The van der Waals surface area contributed by atoms with E-state index in [9.17, 15) is 18.0 Å². The van der Waals surface area contributed by atoms with Crippen LogP contribution in [0.25, 0.3) is 0 Å². The Morgan fingerprint density at radius 3 is 2.30 bits per heavy atom. The van der Waals surface area contributed by atoms with E-state index >= 15 is 0 Å². The van der Waals surface area contributed by atoms with Crippen LogP contribution < -0.4 is 14.4 Å². The number of benzene rings is 3. The number of nitrogens with zero attached hydrogens (tertiary/aromatic N) is 2. The summed E-state index contributed by atoms with van der Waals surface area (Å²) in [6, 6.07) is 21.1. The largest absolute Gasteiger partial charge is 0.494 e. The fourth-order valence-corrected chi connectivity index (χ4v) is 5.96. The highest BCUT2D eigenvalue weighted by atomic mass is 79.9. The minimum Gasteiger partial charge on any atom is -0.494 e. The van der Waals surface area contributed by atoms with Crippen molar-refractivity contribution < 1.29 is 22.7 Å². The molecule has 3 aromatic rings. The van der Waals surface area contributed by atoms with Crippen LogP contribution in [0.5, 0.6) is 5.75 Å². The molecule has 214 valence electrons. The lowest BCUT2D eigenvalue weighted by atomic mass is 10.1. The molecular weight excluding hydrogens is 594 g/mol. The Labute approximate surface area is 245 Å². The molecule has 8 nitrogen and oxygen atoms in total. The molecule has 0 radical (unpaired) electrons. The molecule has 2 amide bonds. The normalized spacial score (nSPS) is 11.9. The Morgan fingerprint density at radius 1 is 0.975 bits per heavy atom. The summed E-state index contributed by atoms with van der Waals surface area (Å²) >= 11 is 3.46. The predicted molar refractivity (Wildman–Crippen MR) is 161 cm³/mol. The van der Waals surface area contributed by atoms with Crippen molar-refractivity contribution in [2.24, 2.45) is 0 Å². The quantitative estimate of drug-likeness (QED) is 0.242. The highest BCUT2D eigenvalue weighted by molar-refractivity contribution is 9.10. The zero-order valence-electron chi connectivity index (χ0n) is 23.0. The van der Waals surface area contributed by atoms with E-state index in [1.54, 1.807) is 49.4 Å². The molecule has 0 saturated heterocycles. The summed E-state index contributed by atoms with van der Waals surface area (Å²) in [6.45, 7) is 6.14. The molecule has 0 aliphatic rings. The van der Waals surface area contributed by atoms with Gasteiger partial charge in [-0.25, -0.2) is 8.42 Å². The summed E-state index contributed by atoms with van der Waals surface area (Å²) in [6.07, 6.45) is 1.74. The van der Waals surface area contributed by atoms with Gasteiger partial charge in [-0.2, -0.15) is 0 Å². The molecule has 0 saturated carbocycles. The van der Waals surface area contributed by atoms with Gasteiger partial charge in [0.1, 0.15) is 18.3 Å². The zero-order chi connectivity index (χ0) is 29.1. The lowest BCUT2D eigenvalue weighted by Gasteiger charge is -2.32. The second-order valence-electron chi connectivity index (χ2n) is 9.22. The highest BCUT2D eigenvalue weighted by Crippen LogP contribution is 2.27. The molecule has 0 spiro atoms. The van der Waals surface area contributed by atoms with E-state index in [2.05, 4.69) is 21.2 Å². The Bertz CT molecular complexity index is 1370. The fraction of sp³-hybridized carbons (Fsp3) is 0.333. The van der Waals surface area contributed by atoms with Gasteiger partial charge >= 0.3 is 0 Å².